The second kappa shape index (κ2) is 6.01. The fourth-order valence-electron chi connectivity index (χ4n) is 1.68. The molecule has 0 bridgehead atoms. The molecule has 0 saturated heterocycles. The van der Waals surface area contributed by atoms with E-state index in [4.69, 9.17) is 6.11 Å². The van der Waals surface area contributed by atoms with Crippen LogP contribution >= 0.6 is 0 Å². The van der Waals surface area contributed by atoms with Crippen molar-refractivity contribution in [2.45, 2.75) is 19.4 Å². The van der Waals surface area contributed by atoms with Gasteiger partial charge < -0.3 is 4.74 Å². The minimum absolute atomic E-state index is 0.388. The minimum Gasteiger partial charge on any atom is -0.459 e. The van der Waals surface area contributed by atoms with Crippen molar-refractivity contribution in [3.05, 3.63) is 71.8 Å². The van der Waals surface area contributed by atoms with Crippen LogP contribution in [0.4, 0.5) is 0 Å². The third-order valence-corrected chi connectivity index (χ3v) is 2.53. The van der Waals surface area contributed by atoms with Gasteiger partial charge in [0.2, 0.25) is 0 Å². The van der Waals surface area contributed by atoms with Gasteiger partial charge in [0.15, 0.2) is 0 Å². The smallest absolute Gasteiger partial charge is 0.338 e. The second-order valence-corrected chi connectivity index (χ2v) is 4.05. The molecule has 0 unspecified atom stereocenters. The van der Waals surface area contributed by atoms with Crippen molar-refractivity contribution < 1.29 is 10.9 Å². The van der Waals surface area contributed by atoms with E-state index in [2.05, 4.69) is 0 Å². The molecule has 18 heavy (non-hydrogen) atoms. The van der Waals surface area contributed by atoms with Crippen LogP contribution in [0.2, 0.25) is 0 Å². The predicted octanol–water partition coefficient (Wildman–Crippen LogP) is 3.47. The summed E-state index contributed by atoms with van der Waals surface area (Å²) in [6.07, 6.45) is -1.07. The molecule has 0 amide bonds. The summed E-state index contributed by atoms with van der Waals surface area (Å²) in [6, 6.07) is 18.2. The largest absolute Gasteiger partial charge is 0.459 e. The standard InChI is InChI=1S/C16H16O2/c1-13(12-14-8-4-2-5-9-14)18-16(17)15-10-6-3-7-11-15/h2-11,13H,12H2,1H3/t13-/m1/s1/i12D/t12-,13+/m0. The zero-order valence-corrected chi connectivity index (χ0v) is 10.2. The van der Waals surface area contributed by atoms with Gasteiger partial charge in [-0.3, -0.25) is 0 Å². The van der Waals surface area contributed by atoms with Crippen molar-refractivity contribution in [1.29, 1.82) is 0 Å². The summed E-state index contributed by atoms with van der Waals surface area (Å²) >= 11 is 0. The van der Waals surface area contributed by atoms with Crippen LogP contribution in [0.25, 0.3) is 0 Å². The molecule has 2 heteroatoms. The van der Waals surface area contributed by atoms with E-state index >= 15 is 0 Å². The van der Waals surface area contributed by atoms with Gasteiger partial charge in [-0.15, -0.1) is 0 Å². The number of rotatable bonds is 4. The van der Waals surface area contributed by atoms with Crippen LogP contribution in [0.3, 0.4) is 0 Å². The summed E-state index contributed by atoms with van der Waals surface area (Å²) in [5.74, 6) is -0.388. The monoisotopic (exact) mass is 241 g/mol. The van der Waals surface area contributed by atoms with Crippen LogP contribution in [-0.4, -0.2) is 12.1 Å². The van der Waals surface area contributed by atoms with Crippen LogP contribution in [0.5, 0.6) is 0 Å². The lowest BCUT2D eigenvalue weighted by Gasteiger charge is -2.13. The van der Waals surface area contributed by atoms with Gasteiger partial charge in [0.1, 0.15) is 6.10 Å². The van der Waals surface area contributed by atoms with E-state index in [0.29, 0.717) is 5.56 Å². The average molecular weight is 241 g/mol. The number of benzene rings is 2. The molecule has 0 aliphatic rings. The minimum atomic E-state index is -0.575. The van der Waals surface area contributed by atoms with Crippen LogP contribution in [-0.2, 0) is 11.1 Å². The highest BCUT2D eigenvalue weighted by Crippen LogP contribution is 2.08. The Labute approximate surface area is 109 Å². The van der Waals surface area contributed by atoms with Gasteiger partial charge in [-0.05, 0) is 24.6 Å². The molecule has 2 rings (SSSR count). The van der Waals surface area contributed by atoms with Gasteiger partial charge in [0, 0.05) is 7.77 Å². The van der Waals surface area contributed by atoms with E-state index in [1.165, 1.54) is 0 Å². The Bertz CT molecular complexity index is 525. The van der Waals surface area contributed by atoms with E-state index in [1.54, 1.807) is 31.2 Å². The Morgan fingerprint density at radius 2 is 1.67 bits per heavy atom. The van der Waals surface area contributed by atoms with Crippen LogP contribution < -0.4 is 0 Å². The maximum Gasteiger partial charge on any atom is 0.338 e. The van der Waals surface area contributed by atoms with Crippen molar-refractivity contribution >= 4 is 5.97 Å². The topological polar surface area (TPSA) is 26.3 Å². The van der Waals surface area contributed by atoms with Gasteiger partial charge in [0.25, 0.3) is 0 Å². The van der Waals surface area contributed by atoms with Gasteiger partial charge in [-0.25, -0.2) is 4.79 Å². The number of ether oxygens (including phenoxy) is 1. The summed E-state index contributed by atoms with van der Waals surface area (Å²) in [5, 5.41) is 0. The quantitative estimate of drug-likeness (QED) is 0.766. The number of hydrogen-bond donors (Lipinski definition) is 0. The Hall–Kier alpha value is -2.09. The van der Waals surface area contributed by atoms with Gasteiger partial charge in [-0.1, -0.05) is 48.5 Å². The van der Waals surface area contributed by atoms with Crippen molar-refractivity contribution in [3.8, 4) is 0 Å². The molecule has 0 N–H and O–H groups in total. The first kappa shape index (κ1) is 11.0. The van der Waals surface area contributed by atoms with Crippen LogP contribution in [0.15, 0.2) is 60.7 Å². The molecule has 0 fully saturated rings. The summed E-state index contributed by atoms with van der Waals surface area (Å²) in [6.45, 7) is 1.74. The first-order valence-corrected chi connectivity index (χ1v) is 5.91. The fraction of sp³-hybridized carbons (Fsp3) is 0.188. The maximum atomic E-state index is 11.9. The molecule has 0 radical (unpaired) electrons. The molecular weight excluding hydrogens is 224 g/mol. The zero-order valence-electron chi connectivity index (χ0n) is 11.2. The predicted molar refractivity (Wildman–Crippen MR) is 71.5 cm³/mol. The maximum absolute atomic E-state index is 11.9. The van der Waals surface area contributed by atoms with E-state index in [1.807, 2.05) is 36.4 Å². The lowest BCUT2D eigenvalue weighted by atomic mass is 10.1. The third-order valence-electron chi connectivity index (χ3n) is 2.53. The highest BCUT2D eigenvalue weighted by atomic mass is 16.5. The first-order chi connectivity index (χ1) is 9.18. The van der Waals surface area contributed by atoms with E-state index < -0.39 is 12.5 Å². The first-order valence-electron chi connectivity index (χ1n) is 6.49. The van der Waals surface area contributed by atoms with Gasteiger partial charge >= 0.3 is 5.97 Å². The van der Waals surface area contributed by atoms with E-state index in [0.717, 1.165) is 5.56 Å². The zero-order chi connectivity index (χ0) is 13.7. The summed E-state index contributed by atoms with van der Waals surface area (Å²) in [5.41, 5.74) is 1.35. The molecule has 0 spiro atoms. The van der Waals surface area contributed by atoms with Crippen molar-refractivity contribution in [2.75, 3.05) is 0 Å². The normalized spacial score (nSPS) is 14.4. The Morgan fingerprint density at radius 1 is 1.11 bits per heavy atom. The van der Waals surface area contributed by atoms with Crippen LogP contribution in [0.1, 0.15) is 24.2 Å². The summed E-state index contributed by atoms with van der Waals surface area (Å²) in [7, 11) is 0. The van der Waals surface area contributed by atoms with Crippen molar-refractivity contribution in [1.82, 2.24) is 0 Å². The molecule has 0 aliphatic heterocycles. The number of hydrogen-bond acceptors (Lipinski definition) is 2. The fourth-order valence-corrected chi connectivity index (χ4v) is 1.68. The lowest BCUT2D eigenvalue weighted by molar-refractivity contribution is 0.0343. The molecule has 0 heterocycles. The number of carbonyl (C=O) groups is 1. The highest BCUT2D eigenvalue weighted by Gasteiger charge is 2.11. The molecule has 0 aliphatic carbocycles. The van der Waals surface area contributed by atoms with Gasteiger partial charge in [-0.2, -0.15) is 0 Å². The molecule has 0 saturated carbocycles. The molecular formula is C16H16O2. The Morgan fingerprint density at radius 3 is 2.28 bits per heavy atom. The average Bonchev–Trinajstić information content (AvgIpc) is 2.48. The summed E-state index contributed by atoms with van der Waals surface area (Å²) in [4.78, 5) is 11.9. The molecule has 2 aromatic carbocycles. The molecule has 2 aromatic rings. The molecule has 2 atom stereocenters. The second-order valence-electron chi connectivity index (χ2n) is 4.05. The van der Waals surface area contributed by atoms with Crippen molar-refractivity contribution in [3.63, 3.8) is 0 Å². The Balaban J connectivity index is 2.02. The third kappa shape index (κ3) is 3.45. The SMILES string of the molecule is [2H][C@H](c1ccccc1)[C@@H](C)OC(=O)c1ccccc1. The van der Waals surface area contributed by atoms with E-state index in [9.17, 15) is 4.79 Å². The number of carbonyl (C=O) groups excluding carboxylic acids is 1. The molecule has 0 aromatic heterocycles. The van der Waals surface area contributed by atoms with Crippen LogP contribution in [0, 0.1) is 0 Å². The number of esters is 1. The Kier molecular flexibility index (Phi) is 3.68. The van der Waals surface area contributed by atoms with E-state index in [-0.39, 0.29) is 5.97 Å². The molecule has 2 nitrogen and oxygen atoms in total. The highest BCUT2D eigenvalue weighted by molar-refractivity contribution is 5.89. The van der Waals surface area contributed by atoms with Crippen molar-refractivity contribution in [2.24, 2.45) is 0 Å². The summed E-state index contributed by atoms with van der Waals surface area (Å²) < 4.78 is 13.4. The molecule has 92 valence electrons. The van der Waals surface area contributed by atoms with Gasteiger partial charge in [0.05, 0.1) is 5.56 Å². The lowest BCUT2D eigenvalue weighted by Crippen LogP contribution is -2.17.